The summed E-state index contributed by atoms with van der Waals surface area (Å²) in [6.45, 7) is 2.73. The minimum absolute atomic E-state index is 0.182. The van der Waals surface area contributed by atoms with Gasteiger partial charge in [0.2, 0.25) is 0 Å². The van der Waals surface area contributed by atoms with E-state index in [4.69, 9.17) is 4.74 Å². The van der Waals surface area contributed by atoms with Crippen LogP contribution < -0.4 is 10.2 Å². The summed E-state index contributed by atoms with van der Waals surface area (Å²) in [5.74, 6) is -0.182. The van der Waals surface area contributed by atoms with Gasteiger partial charge in [0.1, 0.15) is 5.82 Å². The summed E-state index contributed by atoms with van der Waals surface area (Å²) in [5, 5.41) is 7.40. The van der Waals surface area contributed by atoms with E-state index in [0.717, 1.165) is 12.1 Å². The van der Waals surface area contributed by atoms with Crippen LogP contribution in [0.1, 0.15) is 11.1 Å². The third-order valence-electron chi connectivity index (χ3n) is 3.25. The summed E-state index contributed by atoms with van der Waals surface area (Å²) in [7, 11) is 3.60. The van der Waals surface area contributed by atoms with E-state index in [9.17, 15) is 4.39 Å². The zero-order valence-corrected chi connectivity index (χ0v) is 13.3. The highest BCUT2D eigenvalue weighted by Crippen LogP contribution is 2.25. The van der Waals surface area contributed by atoms with Gasteiger partial charge in [-0.25, -0.2) is 4.39 Å². The Morgan fingerprint density at radius 2 is 2.19 bits per heavy atom. The molecule has 1 N–H and O–H groups in total. The van der Waals surface area contributed by atoms with Gasteiger partial charge in [0, 0.05) is 33.8 Å². The number of hydrogen-bond donors (Lipinski definition) is 1. The molecule has 0 saturated heterocycles. The van der Waals surface area contributed by atoms with Crippen molar-refractivity contribution in [2.24, 2.45) is 0 Å². The third kappa shape index (κ3) is 4.52. The molecule has 0 radical (unpaired) electrons. The van der Waals surface area contributed by atoms with Crippen LogP contribution in [0.3, 0.4) is 0 Å². The molecule has 1 heterocycles. The van der Waals surface area contributed by atoms with Crippen LogP contribution in [0.15, 0.2) is 35.0 Å². The van der Waals surface area contributed by atoms with Crippen molar-refractivity contribution in [3.05, 3.63) is 52.0 Å². The van der Waals surface area contributed by atoms with Crippen molar-refractivity contribution in [3.8, 4) is 0 Å². The predicted molar refractivity (Wildman–Crippen MR) is 86.4 cm³/mol. The lowest BCUT2D eigenvalue weighted by atomic mass is 10.1. The van der Waals surface area contributed by atoms with Crippen molar-refractivity contribution in [1.82, 2.24) is 5.32 Å². The number of halogens is 1. The zero-order chi connectivity index (χ0) is 15.1. The lowest BCUT2D eigenvalue weighted by Gasteiger charge is -2.23. The maximum atomic E-state index is 14.2. The number of anilines is 1. The number of para-hydroxylation sites is 1. The fraction of sp³-hybridized carbons (Fsp3) is 0.375. The van der Waals surface area contributed by atoms with Crippen LogP contribution in [-0.2, 0) is 17.8 Å². The second-order valence-corrected chi connectivity index (χ2v) is 5.68. The van der Waals surface area contributed by atoms with Crippen molar-refractivity contribution >= 4 is 17.0 Å². The van der Waals surface area contributed by atoms with E-state index in [1.54, 1.807) is 24.5 Å². The maximum Gasteiger partial charge on any atom is 0.146 e. The van der Waals surface area contributed by atoms with Gasteiger partial charge in [-0.15, -0.1) is 0 Å². The van der Waals surface area contributed by atoms with Gasteiger partial charge in [-0.2, -0.15) is 11.3 Å². The summed E-state index contributed by atoms with van der Waals surface area (Å²) in [4.78, 5) is 1.96. The van der Waals surface area contributed by atoms with Crippen molar-refractivity contribution in [1.29, 1.82) is 0 Å². The van der Waals surface area contributed by atoms with Gasteiger partial charge in [0.25, 0.3) is 0 Å². The summed E-state index contributed by atoms with van der Waals surface area (Å²) < 4.78 is 19.2. The average Bonchev–Trinajstić information content (AvgIpc) is 2.96. The fourth-order valence-electron chi connectivity index (χ4n) is 2.26. The second kappa shape index (κ2) is 8.12. The minimum atomic E-state index is -0.182. The van der Waals surface area contributed by atoms with E-state index >= 15 is 0 Å². The van der Waals surface area contributed by atoms with E-state index in [1.165, 1.54) is 11.6 Å². The van der Waals surface area contributed by atoms with E-state index in [0.29, 0.717) is 25.4 Å². The molecule has 21 heavy (non-hydrogen) atoms. The van der Waals surface area contributed by atoms with E-state index in [2.05, 4.69) is 16.8 Å². The Bertz CT molecular complexity index is 545. The Hall–Kier alpha value is -1.43. The highest BCUT2D eigenvalue weighted by atomic mass is 32.1. The standard InChI is InChI=1S/C16H21FN2OS/c1-19(11-13-6-9-21-12-13)16-14(4-3-5-15(16)17)10-18-7-8-20-2/h3-6,9,12,18H,7-8,10-11H2,1-2H3. The predicted octanol–water partition coefficient (Wildman–Crippen LogP) is 3.26. The molecule has 0 spiro atoms. The Labute approximate surface area is 129 Å². The van der Waals surface area contributed by atoms with Gasteiger partial charge in [0.15, 0.2) is 0 Å². The number of thiophene rings is 1. The molecule has 0 atom stereocenters. The highest BCUT2D eigenvalue weighted by molar-refractivity contribution is 7.07. The van der Waals surface area contributed by atoms with E-state index < -0.39 is 0 Å². The van der Waals surface area contributed by atoms with Crippen LogP contribution in [-0.4, -0.2) is 27.3 Å². The number of rotatable bonds is 8. The molecule has 0 bridgehead atoms. The quantitative estimate of drug-likeness (QED) is 0.758. The molecular weight excluding hydrogens is 287 g/mol. The molecule has 114 valence electrons. The molecule has 0 unspecified atom stereocenters. The molecule has 0 aliphatic carbocycles. The second-order valence-electron chi connectivity index (χ2n) is 4.90. The van der Waals surface area contributed by atoms with E-state index in [-0.39, 0.29) is 5.82 Å². The summed E-state index contributed by atoms with van der Waals surface area (Å²) in [5.41, 5.74) is 2.82. The lowest BCUT2D eigenvalue weighted by Crippen LogP contribution is -2.23. The summed E-state index contributed by atoms with van der Waals surface area (Å²) in [6.07, 6.45) is 0. The van der Waals surface area contributed by atoms with E-state index in [1.807, 2.05) is 23.4 Å². The number of ether oxygens (including phenoxy) is 1. The first kappa shape index (κ1) is 15.9. The van der Waals surface area contributed by atoms with Crippen LogP contribution >= 0.6 is 11.3 Å². The molecule has 1 aromatic carbocycles. The van der Waals surface area contributed by atoms with Gasteiger partial charge in [-0.3, -0.25) is 0 Å². The van der Waals surface area contributed by atoms with Crippen LogP contribution in [0.4, 0.5) is 10.1 Å². The molecule has 2 rings (SSSR count). The fourth-order valence-corrected chi connectivity index (χ4v) is 2.92. The highest BCUT2D eigenvalue weighted by Gasteiger charge is 2.13. The van der Waals surface area contributed by atoms with Crippen LogP contribution in [0.25, 0.3) is 0 Å². The van der Waals surface area contributed by atoms with Crippen LogP contribution in [0.2, 0.25) is 0 Å². The summed E-state index contributed by atoms with van der Waals surface area (Å²) in [6, 6.07) is 7.30. The monoisotopic (exact) mass is 308 g/mol. The first-order valence-electron chi connectivity index (χ1n) is 6.91. The van der Waals surface area contributed by atoms with Crippen molar-refractivity contribution in [3.63, 3.8) is 0 Å². The molecule has 0 aliphatic heterocycles. The molecule has 1 aromatic heterocycles. The molecule has 5 heteroatoms. The number of nitrogens with zero attached hydrogens (tertiary/aromatic N) is 1. The van der Waals surface area contributed by atoms with Crippen LogP contribution in [0.5, 0.6) is 0 Å². The lowest BCUT2D eigenvalue weighted by molar-refractivity contribution is 0.199. The topological polar surface area (TPSA) is 24.5 Å². The molecule has 0 saturated carbocycles. The van der Waals surface area contributed by atoms with Gasteiger partial charge in [0.05, 0.1) is 12.3 Å². The largest absolute Gasteiger partial charge is 0.383 e. The Balaban J connectivity index is 2.09. The normalized spacial score (nSPS) is 10.8. The maximum absolute atomic E-state index is 14.2. The third-order valence-corrected chi connectivity index (χ3v) is 3.98. The van der Waals surface area contributed by atoms with Crippen molar-refractivity contribution in [2.75, 3.05) is 32.2 Å². The SMILES string of the molecule is COCCNCc1cccc(F)c1N(C)Cc1ccsc1. The van der Waals surface area contributed by atoms with Gasteiger partial charge in [-0.1, -0.05) is 12.1 Å². The smallest absolute Gasteiger partial charge is 0.146 e. The molecule has 0 aliphatic rings. The van der Waals surface area contributed by atoms with Gasteiger partial charge >= 0.3 is 0 Å². The summed E-state index contributed by atoms with van der Waals surface area (Å²) >= 11 is 1.66. The van der Waals surface area contributed by atoms with Gasteiger partial charge < -0.3 is 15.0 Å². The Morgan fingerprint density at radius 1 is 1.33 bits per heavy atom. The first-order valence-corrected chi connectivity index (χ1v) is 7.86. The van der Waals surface area contributed by atoms with Crippen molar-refractivity contribution in [2.45, 2.75) is 13.1 Å². The minimum Gasteiger partial charge on any atom is -0.383 e. The number of hydrogen-bond acceptors (Lipinski definition) is 4. The molecule has 0 fully saturated rings. The number of methoxy groups -OCH3 is 1. The first-order chi connectivity index (χ1) is 10.2. The number of nitrogens with one attached hydrogen (secondary N) is 1. The molecule has 3 nitrogen and oxygen atoms in total. The Kier molecular flexibility index (Phi) is 6.17. The number of benzene rings is 1. The Morgan fingerprint density at radius 3 is 2.90 bits per heavy atom. The molecular formula is C16H21FN2OS. The average molecular weight is 308 g/mol. The molecule has 2 aromatic rings. The van der Waals surface area contributed by atoms with Crippen LogP contribution in [0, 0.1) is 5.82 Å². The van der Waals surface area contributed by atoms with Crippen molar-refractivity contribution < 1.29 is 9.13 Å². The zero-order valence-electron chi connectivity index (χ0n) is 12.4. The van der Waals surface area contributed by atoms with Gasteiger partial charge in [-0.05, 0) is 34.0 Å². The molecule has 0 amide bonds.